The molecule has 1 aromatic carbocycles. The van der Waals surface area contributed by atoms with Crippen molar-refractivity contribution >= 4 is 17.6 Å². The summed E-state index contributed by atoms with van der Waals surface area (Å²) in [6.45, 7) is 1.98. The Balaban J connectivity index is 2.16. The second-order valence-electron chi connectivity index (χ2n) is 7.68. The lowest BCUT2D eigenvalue weighted by atomic mass is 10.2. The van der Waals surface area contributed by atoms with E-state index in [0.717, 1.165) is 5.69 Å². The van der Waals surface area contributed by atoms with E-state index in [4.69, 9.17) is 18.9 Å². The van der Waals surface area contributed by atoms with Crippen molar-refractivity contribution in [2.24, 2.45) is 7.05 Å². The van der Waals surface area contributed by atoms with Gasteiger partial charge in [0.2, 0.25) is 5.91 Å². The SMILES string of the molecule is COCCCN(CC(=O)N(CCOC)Cc1cccn1C)C(=O)Nc1ccc(OC)cc1OC. The molecule has 2 aromatic rings. The summed E-state index contributed by atoms with van der Waals surface area (Å²) in [4.78, 5) is 29.6. The number of anilines is 1. The maximum atomic E-state index is 13.3. The van der Waals surface area contributed by atoms with Crippen LogP contribution in [0.15, 0.2) is 36.5 Å². The molecule has 188 valence electrons. The average molecular weight is 477 g/mol. The molecule has 0 aliphatic rings. The lowest BCUT2D eigenvalue weighted by Crippen LogP contribution is -2.45. The highest BCUT2D eigenvalue weighted by Gasteiger charge is 2.23. The van der Waals surface area contributed by atoms with Gasteiger partial charge in [-0.05, 0) is 30.7 Å². The molecular weight excluding hydrogens is 440 g/mol. The zero-order valence-electron chi connectivity index (χ0n) is 20.7. The van der Waals surface area contributed by atoms with Gasteiger partial charge in [-0.1, -0.05) is 0 Å². The molecule has 0 saturated carbocycles. The van der Waals surface area contributed by atoms with Gasteiger partial charge in [-0.25, -0.2) is 4.79 Å². The van der Waals surface area contributed by atoms with E-state index in [1.54, 1.807) is 44.4 Å². The van der Waals surface area contributed by atoms with E-state index in [0.29, 0.717) is 56.5 Å². The molecule has 0 radical (unpaired) electrons. The van der Waals surface area contributed by atoms with Gasteiger partial charge in [0.15, 0.2) is 0 Å². The molecule has 0 saturated heterocycles. The minimum atomic E-state index is -0.404. The first kappa shape index (κ1) is 27.0. The highest BCUT2D eigenvalue weighted by Crippen LogP contribution is 2.29. The van der Waals surface area contributed by atoms with Crippen molar-refractivity contribution in [1.82, 2.24) is 14.4 Å². The van der Waals surface area contributed by atoms with Crippen LogP contribution in [0.5, 0.6) is 11.5 Å². The minimum absolute atomic E-state index is 0.0812. The number of benzene rings is 1. The Morgan fingerprint density at radius 1 is 0.971 bits per heavy atom. The van der Waals surface area contributed by atoms with Gasteiger partial charge in [0.1, 0.15) is 18.0 Å². The van der Waals surface area contributed by atoms with Gasteiger partial charge < -0.3 is 38.6 Å². The number of rotatable bonds is 14. The summed E-state index contributed by atoms with van der Waals surface area (Å²) in [5.74, 6) is 0.894. The number of amides is 3. The van der Waals surface area contributed by atoms with Gasteiger partial charge in [0.25, 0.3) is 0 Å². The summed E-state index contributed by atoms with van der Waals surface area (Å²) in [6, 6.07) is 8.60. The number of methoxy groups -OCH3 is 4. The third-order valence-electron chi connectivity index (χ3n) is 5.36. The molecule has 0 bridgehead atoms. The molecule has 0 aliphatic heterocycles. The maximum Gasteiger partial charge on any atom is 0.322 e. The molecule has 1 heterocycles. The second-order valence-corrected chi connectivity index (χ2v) is 7.68. The fraction of sp³-hybridized carbons (Fsp3) is 0.500. The number of hydrogen-bond donors (Lipinski definition) is 1. The second kappa shape index (κ2) is 14.1. The van der Waals surface area contributed by atoms with Gasteiger partial charge >= 0.3 is 6.03 Å². The average Bonchev–Trinajstić information content (AvgIpc) is 3.25. The monoisotopic (exact) mass is 476 g/mol. The lowest BCUT2D eigenvalue weighted by Gasteiger charge is -2.28. The van der Waals surface area contributed by atoms with Crippen LogP contribution >= 0.6 is 0 Å². The maximum absolute atomic E-state index is 13.3. The Morgan fingerprint density at radius 2 is 1.74 bits per heavy atom. The van der Waals surface area contributed by atoms with Crippen LogP contribution < -0.4 is 14.8 Å². The Kier molecular flexibility index (Phi) is 11.2. The number of nitrogens with zero attached hydrogens (tertiary/aromatic N) is 3. The van der Waals surface area contributed by atoms with Crippen molar-refractivity contribution in [3.8, 4) is 11.5 Å². The molecule has 1 aromatic heterocycles. The molecule has 2 rings (SSSR count). The number of hydrogen-bond acceptors (Lipinski definition) is 6. The standard InChI is InChI=1S/C24H36N4O6/c1-26-11-6-8-19(26)17-27(13-15-32-3)23(29)18-28(12-7-14-31-2)24(30)25-21-10-9-20(33-4)16-22(21)34-5/h6,8-11,16H,7,12-15,17-18H2,1-5H3,(H,25,30). The molecule has 10 nitrogen and oxygen atoms in total. The topological polar surface area (TPSA) is 94.5 Å². The van der Waals surface area contributed by atoms with Gasteiger partial charge in [0.05, 0.1) is 33.1 Å². The van der Waals surface area contributed by atoms with Gasteiger partial charge in [0, 0.05) is 58.9 Å². The first-order valence-electron chi connectivity index (χ1n) is 11.1. The van der Waals surface area contributed by atoms with Crippen LogP contribution in [0.1, 0.15) is 12.1 Å². The summed E-state index contributed by atoms with van der Waals surface area (Å²) in [7, 11) is 8.20. The highest BCUT2D eigenvalue weighted by atomic mass is 16.5. The first-order valence-corrected chi connectivity index (χ1v) is 11.1. The summed E-state index contributed by atoms with van der Waals surface area (Å²) < 4.78 is 22.9. The number of aryl methyl sites for hydroxylation is 1. The first-order chi connectivity index (χ1) is 16.4. The summed E-state index contributed by atoms with van der Waals surface area (Å²) in [5, 5.41) is 2.85. The summed E-state index contributed by atoms with van der Waals surface area (Å²) in [5.41, 5.74) is 1.47. The number of nitrogens with one attached hydrogen (secondary N) is 1. The minimum Gasteiger partial charge on any atom is -0.497 e. The third kappa shape index (κ3) is 7.96. The van der Waals surface area contributed by atoms with E-state index in [-0.39, 0.29) is 12.5 Å². The quantitative estimate of drug-likeness (QED) is 0.421. The highest BCUT2D eigenvalue weighted by molar-refractivity contribution is 5.93. The van der Waals surface area contributed by atoms with E-state index >= 15 is 0 Å². The van der Waals surface area contributed by atoms with E-state index in [2.05, 4.69) is 5.32 Å². The number of ether oxygens (including phenoxy) is 4. The van der Waals surface area contributed by atoms with E-state index in [9.17, 15) is 9.59 Å². The largest absolute Gasteiger partial charge is 0.497 e. The Hall–Kier alpha value is -3.24. The summed E-state index contributed by atoms with van der Waals surface area (Å²) in [6.07, 6.45) is 2.52. The van der Waals surface area contributed by atoms with Crippen molar-refractivity contribution in [3.63, 3.8) is 0 Å². The lowest BCUT2D eigenvalue weighted by molar-refractivity contribution is -0.133. The van der Waals surface area contributed by atoms with Crippen molar-refractivity contribution < 1.29 is 28.5 Å². The van der Waals surface area contributed by atoms with Gasteiger partial charge in [-0.15, -0.1) is 0 Å². The molecular formula is C24H36N4O6. The molecule has 3 amide bonds. The van der Waals surface area contributed by atoms with Crippen LogP contribution in [-0.4, -0.2) is 87.6 Å². The van der Waals surface area contributed by atoms with Crippen LogP contribution in [0.3, 0.4) is 0 Å². The fourth-order valence-electron chi connectivity index (χ4n) is 3.36. The number of urea groups is 1. The molecule has 0 unspecified atom stereocenters. The van der Waals surface area contributed by atoms with E-state index in [1.807, 2.05) is 29.9 Å². The molecule has 34 heavy (non-hydrogen) atoms. The van der Waals surface area contributed by atoms with Crippen molar-refractivity contribution in [2.75, 3.05) is 66.6 Å². The van der Waals surface area contributed by atoms with Crippen LogP contribution in [0.4, 0.5) is 10.5 Å². The molecule has 0 fully saturated rings. The molecule has 0 atom stereocenters. The van der Waals surface area contributed by atoms with Crippen molar-refractivity contribution in [2.45, 2.75) is 13.0 Å². The van der Waals surface area contributed by atoms with Crippen LogP contribution in [0.25, 0.3) is 0 Å². The Labute approximate surface area is 201 Å². The zero-order valence-corrected chi connectivity index (χ0v) is 20.7. The number of carbonyl (C=O) groups excluding carboxylic acids is 2. The third-order valence-corrected chi connectivity index (χ3v) is 5.36. The Bertz CT molecular complexity index is 917. The molecule has 1 N–H and O–H groups in total. The van der Waals surface area contributed by atoms with E-state index < -0.39 is 6.03 Å². The Morgan fingerprint density at radius 3 is 2.35 bits per heavy atom. The van der Waals surface area contributed by atoms with Crippen molar-refractivity contribution in [3.05, 3.63) is 42.2 Å². The normalized spacial score (nSPS) is 10.6. The fourth-order valence-corrected chi connectivity index (χ4v) is 3.36. The smallest absolute Gasteiger partial charge is 0.322 e. The van der Waals surface area contributed by atoms with E-state index in [1.165, 1.54) is 12.0 Å². The number of carbonyl (C=O) groups is 2. The predicted octanol–water partition coefficient (Wildman–Crippen LogP) is 2.59. The van der Waals surface area contributed by atoms with Crippen LogP contribution in [0.2, 0.25) is 0 Å². The number of aromatic nitrogens is 1. The summed E-state index contributed by atoms with van der Waals surface area (Å²) >= 11 is 0. The van der Waals surface area contributed by atoms with Crippen LogP contribution in [0, 0.1) is 0 Å². The zero-order chi connectivity index (χ0) is 24.9. The van der Waals surface area contributed by atoms with Crippen LogP contribution in [-0.2, 0) is 27.9 Å². The molecule has 0 aliphatic carbocycles. The van der Waals surface area contributed by atoms with Gasteiger partial charge in [-0.2, -0.15) is 0 Å². The predicted molar refractivity (Wildman–Crippen MR) is 129 cm³/mol. The van der Waals surface area contributed by atoms with Gasteiger partial charge in [-0.3, -0.25) is 4.79 Å². The van der Waals surface area contributed by atoms with Crippen molar-refractivity contribution in [1.29, 1.82) is 0 Å². The molecule has 10 heteroatoms. The molecule has 0 spiro atoms.